The van der Waals surface area contributed by atoms with Crippen LogP contribution in [0.2, 0.25) is 5.15 Å². The van der Waals surface area contributed by atoms with E-state index >= 15 is 0 Å². The van der Waals surface area contributed by atoms with Crippen LogP contribution in [-0.2, 0) is 17.8 Å². The summed E-state index contributed by atoms with van der Waals surface area (Å²) in [6.07, 6.45) is 6.07. The molecular formula is C31H34ClN7O4. The van der Waals surface area contributed by atoms with Gasteiger partial charge in [0.05, 0.1) is 13.2 Å². The van der Waals surface area contributed by atoms with E-state index in [1.807, 2.05) is 30.3 Å². The molecule has 2 aliphatic heterocycles. The van der Waals surface area contributed by atoms with Crippen molar-refractivity contribution in [2.75, 3.05) is 51.4 Å². The lowest BCUT2D eigenvalue weighted by Crippen LogP contribution is -2.54. The van der Waals surface area contributed by atoms with Crippen LogP contribution in [0.3, 0.4) is 0 Å². The first kappa shape index (κ1) is 28.8. The van der Waals surface area contributed by atoms with E-state index in [1.54, 1.807) is 36.5 Å². The number of carbonyl (C=O) groups is 1. The molecule has 12 heteroatoms. The number of piperazine rings is 1. The van der Waals surface area contributed by atoms with E-state index in [0.717, 1.165) is 35.9 Å². The Labute approximate surface area is 255 Å². The number of nitrogens with one attached hydrogen (secondary N) is 1. The third-order valence-corrected chi connectivity index (χ3v) is 7.79. The molecule has 4 aromatic rings. The maximum absolute atomic E-state index is 13.3. The third-order valence-electron chi connectivity index (χ3n) is 7.59. The Morgan fingerprint density at radius 3 is 2.65 bits per heavy atom. The number of carbonyl (C=O) groups excluding carboxylic acids is 1. The molecule has 2 aromatic carbocycles. The van der Waals surface area contributed by atoms with E-state index in [4.69, 9.17) is 30.8 Å². The number of hydrogen-bond donors (Lipinski definition) is 1. The Morgan fingerprint density at radius 1 is 1.05 bits per heavy atom. The van der Waals surface area contributed by atoms with Gasteiger partial charge in [0, 0.05) is 57.6 Å². The zero-order valence-corrected chi connectivity index (χ0v) is 24.7. The van der Waals surface area contributed by atoms with Crippen molar-refractivity contribution >= 4 is 23.3 Å². The molecule has 1 amide bonds. The van der Waals surface area contributed by atoms with E-state index < -0.39 is 0 Å². The molecule has 6 rings (SSSR count). The van der Waals surface area contributed by atoms with Crippen molar-refractivity contribution in [3.05, 3.63) is 83.5 Å². The molecule has 1 N–H and O–H groups in total. The van der Waals surface area contributed by atoms with Gasteiger partial charge >= 0.3 is 0 Å². The zero-order chi connectivity index (χ0) is 29.6. The molecule has 0 bridgehead atoms. The van der Waals surface area contributed by atoms with E-state index in [0.29, 0.717) is 62.6 Å². The van der Waals surface area contributed by atoms with E-state index in [9.17, 15) is 4.79 Å². The minimum absolute atomic E-state index is 0.0196. The standard InChI is InChI=1S/C31H34ClN7O4/c1-41-25-5-2-23(3-6-25)19-37-12-13-39(29-18-28(32)35-31(36-29)38-11-10-33-21-38)24(20-37)17-30(40)34-9-8-22-4-7-26-27(16-22)43-15-14-42-26/h2-7,10-11,16,18,21,24H,8-9,12-15,17,19-20H2,1H3,(H,34,40). The summed E-state index contributed by atoms with van der Waals surface area (Å²) in [5.41, 5.74) is 2.27. The van der Waals surface area contributed by atoms with Crippen molar-refractivity contribution < 1.29 is 19.0 Å². The molecule has 0 radical (unpaired) electrons. The molecule has 4 heterocycles. The van der Waals surface area contributed by atoms with Crippen LogP contribution in [0.15, 0.2) is 67.3 Å². The molecular weight excluding hydrogens is 570 g/mol. The summed E-state index contributed by atoms with van der Waals surface area (Å²) < 4.78 is 18.3. The van der Waals surface area contributed by atoms with Gasteiger partial charge in [-0.05, 0) is 41.8 Å². The molecule has 0 spiro atoms. The Kier molecular flexibility index (Phi) is 8.90. The number of anilines is 1. The first-order chi connectivity index (χ1) is 21.0. The lowest BCUT2D eigenvalue weighted by molar-refractivity contribution is -0.121. The molecule has 43 heavy (non-hydrogen) atoms. The highest BCUT2D eigenvalue weighted by atomic mass is 35.5. The van der Waals surface area contributed by atoms with Crippen LogP contribution in [0.1, 0.15) is 17.5 Å². The van der Waals surface area contributed by atoms with Gasteiger partial charge in [-0.2, -0.15) is 4.98 Å². The molecule has 2 aliphatic rings. The van der Waals surface area contributed by atoms with Gasteiger partial charge in [-0.1, -0.05) is 29.8 Å². The Hall–Kier alpha value is -4.35. The van der Waals surface area contributed by atoms with Gasteiger partial charge in [-0.15, -0.1) is 0 Å². The fourth-order valence-electron chi connectivity index (χ4n) is 5.44. The number of aromatic nitrogens is 4. The van der Waals surface area contributed by atoms with Crippen molar-refractivity contribution in [1.29, 1.82) is 0 Å². The quantitative estimate of drug-likeness (QED) is 0.272. The van der Waals surface area contributed by atoms with Gasteiger partial charge in [0.1, 0.15) is 36.3 Å². The van der Waals surface area contributed by atoms with Crippen molar-refractivity contribution in [2.45, 2.75) is 25.4 Å². The minimum atomic E-state index is -0.122. The number of amides is 1. The monoisotopic (exact) mass is 603 g/mol. The predicted molar refractivity (Wildman–Crippen MR) is 162 cm³/mol. The summed E-state index contributed by atoms with van der Waals surface area (Å²) in [7, 11) is 1.66. The van der Waals surface area contributed by atoms with Crippen LogP contribution in [0.5, 0.6) is 17.2 Å². The molecule has 0 aliphatic carbocycles. The minimum Gasteiger partial charge on any atom is -0.497 e. The first-order valence-corrected chi connectivity index (χ1v) is 14.7. The molecule has 224 valence electrons. The molecule has 1 saturated heterocycles. The first-order valence-electron chi connectivity index (χ1n) is 14.3. The summed E-state index contributed by atoms with van der Waals surface area (Å²) in [5, 5.41) is 3.44. The molecule has 2 aromatic heterocycles. The maximum Gasteiger partial charge on any atom is 0.238 e. The summed E-state index contributed by atoms with van der Waals surface area (Å²) in [5.74, 6) is 3.44. The second-order valence-corrected chi connectivity index (χ2v) is 10.9. The third kappa shape index (κ3) is 7.18. The van der Waals surface area contributed by atoms with Gasteiger partial charge in [0.15, 0.2) is 11.5 Å². The normalized spacial score (nSPS) is 16.6. The van der Waals surface area contributed by atoms with Crippen LogP contribution in [0.4, 0.5) is 5.82 Å². The lowest BCUT2D eigenvalue weighted by atomic mass is 10.1. The fraction of sp³-hybridized carbons (Fsp3) is 0.355. The number of methoxy groups -OCH3 is 1. The van der Waals surface area contributed by atoms with Crippen molar-refractivity contribution in [3.63, 3.8) is 0 Å². The highest BCUT2D eigenvalue weighted by Crippen LogP contribution is 2.31. The Bertz CT molecular complexity index is 1530. The number of hydrogen-bond acceptors (Lipinski definition) is 9. The number of benzene rings is 2. The van der Waals surface area contributed by atoms with Gasteiger partial charge in [0.25, 0.3) is 0 Å². The highest BCUT2D eigenvalue weighted by molar-refractivity contribution is 6.29. The molecule has 1 unspecified atom stereocenters. The van der Waals surface area contributed by atoms with Crippen molar-refractivity contribution in [2.24, 2.45) is 0 Å². The second kappa shape index (κ2) is 13.3. The van der Waals surface area contributed by atoms with Gasteiger partial charge in [-0.3, -0.25) is 14.3 Å². The summed E-state index contributed by atoms with van der Waals surface area (Å²) in [4.78, 5) is 31.1. The molecule has 0 saturated carbocycles. The molecule has 1 fully saturated rings. The van der Waals surface area contributed by atoms with Crippen molar-refractivity contribution in [3.8, 4) is 23.2 Å². The summed E-state index contributed by atoms with van der Waals surface area (Å²) >= 11 is 6.44. The topological polar surface area (TPSA) is 107 Å². The summed E-state index contributed by atoms with van der Waals surface area (Å²) in [6.45, 7) is 4.56. The van der Waals surface area contributed by atoms with Crippen LogP contribution < -0.4 is 24.4 Å². The molecule has 11 nitrogen and oxygen atoms in total. The molecule has 1 atom stereocenters. The summed E-state index contributed by atoms with van der Waals surface area (Å²) in [6, 6.07) is 15.6. The average Bonchev–Trinajstić information content (AvgIpc) is 3.57. The zero-order valence-electron chi connectivity index (χ0n) is 24.0. The van der Waals surface area contributed by atoms with Gasteiger partial charge in [0.2, 0.25) is 11.9 Å². The van der Waals surface area contributed by atoms with Gasteiger partial charge < -0.3 is 24.4 Å². The van der Waals surface area contributed by atoms with Gasteiger partial charge in [-0.25, -0.2) is 9.97 Å². The Balaban J connectivity index is 1.14. The van der Waals surface area contributed by atoms with Crippen LogP contribution >= 0.6 is 11.6 Å². The second-order valence-electron chi connectivity index (χ2n) is 10.5. The van der Waals surface area contributed by atoms with Crippen LogP contribution in [-0.4, -0.2) is 82.9 Å². The predicted octanol–water partition coefficient (Wildman–Crippen LogP) is 3.54. The fourth-order valence-corrected chi connectivity index (χ4v) is 5.61. The number of halogens is 1. The van der Waals surface area contributed by atoms with E-state index in [1.165, 1.54) is 5.56 Å². The lowest BCUT2D eigenvalue weighted by Gasteiger charge is -2.42. The SMILES string of the molecule is COc1ccc(CN2CCN(c3cc(Cl)nc(-n4ccnc4)n3)C(CC(=O)NCCc3ccc4c(c3)OCCO4)C2)cc1. The number of fused-ring (bicyclic) bond motifs is 1. The van der Waals surface area contributed by atoms with E-state index in [-0.39, 0.29) is 11.9 Å². The smallest absolute Gasteiger partial charge is 0.238 e. The van der Waals surface area contributed by atoms with E-state index in [2.05, 4.69) is 37.2 Å². The Morgan fingerprint density at radius 2 is 1.86 bits per heavy atom. The number of ether oxygens (including phenoxy) is 3. The number of nitrogens with zero attached hydrogens (tertiary/aromatic N) is 6. The average molecular weight is 604 g/mol. The maximum atomic E-state index is 13.3. The number of imidazole rings is 1. The van der Waals surface area contributed by atoms with Crippen LogP contribution in [0, 0.1) is 0 Å². The van der Waals surface area contributed by atoms with Crippen molar-refractivity contribution in [1.82, 2.24) is 29.7 Å². The highest BCUT2D eigenvalue weighted by Gasteiger charge is 2.30. The largest absolute Gasteiger partial charge is 0.497 e. The number of rotatable bonds is 10. The van der Waals surface area contributed by atoms with Crippen LogP contribution in [0.25, 0.3) is 5.95 Å².